The monoisotopic (exact) mass is 418 g/mol. The van der Waals surface area contributed by atoms with Crippen molar-refractivity contribution in [2.24, 2.45) is 17.6 Å². The third-order valence-electron chi connectivity index (χ3n) is 3.98. The zero-order valence-electron chi connectivity index (χ0n) is 17.3. The number of nitrogens with two attached hydrogens (primary N) is 1. The number of nitrogens with one attached hydrogen (secondary N) is 3. The molecule has 0 aliphatic carbocycles. The van der Waals surface area contributed by atoms with E-state index in [9.17, 15) is 19.2 Å². The van der Waals surface area contributed by atoms with Gasteiger partial charge in [0.05, 0.1) is 12.6 Å². The third-order valence-corrected chi connectivity index (χ3v) is 4.62. The summed E-state index contributed by atoms with van der Waals surface area (Å²) in [5.74, 6) is -2.07. The predicted molar refractivity (Wildman–Crippen MR) is 110 cm³/mol. The van der Waals surface area contributed by atoms with Crippen LogP contribution in [0.2, 0.25) is 0 Å². The summed E-state index contributed by atoms with van der Waals surface area (Å²) in [6.45, 7) is 6.86. The minimum atomic E-state index is -1.13. The number of thioether (sulfide) groups is 1. The van der Waals surface area contributed by atoms with Gasteiger partial charge in [-0.1, -0.05) is 27.7 Å². The first-order valence-electron chi connectivity index (χ1n) is 9.34. The van der Waals surface area contributed by atoms with E-state index in [2.05, 4.69) is 16.0 Å². The molecule has 3 unspecified atom stereocenters. The van der Waals surface area contributed by atoms with Crippen LogP contribution in [0.1, 0.15) is 40.5 Å². The van der Waals surface area contributed by atoms with Gasteiger partial charge in [-0.05, 0) is 36.7 Å². The summed E-state index contributed by atoms with van der Waals surface area (Å²) >= 11 is 1.57. The molecule has 28 heavy (non-hydrogen) atoms. The highest BCUT2D eigenvalue weighted by Crippen LogP contribution is 2.06. The molecule has 3 amide bonds. The number of amides is 3. The molecule has 0 radical (unpaired) electrons. The molecule has 0 aromatic rings. The van der Waals surface area contributed by atoms with Crippen LogP contribution in [0.4, 0.5) is 0 Å². The van der Waals surface area contributed by atoms with Gasteiger partial charge < -0.3 is 26.8 Å². The molecular formula is C18H34N4O5S. The van der Waals surface area contributed by atoms with Crippen molar-refractivity contribution in [3.63, 3.8) is 0 Å². The van der Waals surface area contributed by atoms with Gasteiger partial charge in [-0.3, -0.25) is 14.4 Å². The first kappa shape index (κ1) is 26.2. The molecule has 0 fully saturated rings. The maximum absolute atomic E-state index is 12.4. The van der Waals surface area contributed by atoms with E-state index in [1.54, 1.807) is 25.6 Å². The van der Waals surface area contributed by atoms with Crippen molar-refractivity contribution in [1.29, 1.82) is 0 Å². The molecule has 6 N–H and O–H groups in total. The van der Waals surface area contributed by atoms with Crippen LogP contribution in [0.3, 0.4) is 0 Å². The molecule has 0 aliphatic rings. The second-order valence-corrected chi connectivity index (χ2v) is 8.41. The molecule has 0 saturated carbocycles. The molecule has 0 bridgehead atoms. The largest absolute Gasteiger partial charge is 0.480 e. The van der Waals surface area contributed by atoms with Crippen LogP contribution in [0, 0.1) is 11.8 Å². The van der Waals surface area contributed by atoms with E-state index < -0.39 is 41.8 Å². The molecule has 0 saturated heterocycles. The highest BCUT2D eigenvalue weighted by molar-refractivity contribution is 7.98. The van der Waals surface area contributed by atoms with Gasteiger partial charge in [-0.2, -0.15) is 11.8 Å². The summed E-state index contributed by atoms with van der Waals surface area (Å²) in [4.78, 5) is 47.7. The topological polar surface area (TPSA) is 151 Å². The van der Waals surface area contributed by atoms with Gasteiger partial charge >= 0.3 is 5.97 Å². The second kappa shape index (κ2) is 13.4. The van der Waals surface area contributed by atoms with Gasteiger partial charge in [0.25, 0.3) is 0 Å². The molecular weight excluding hydrogens is 384 g/mol. The lowest BCUT2D eigenvalue weighted by molar-refractivity contribution is -0.142. The Balaban J connectivity index is 4.70. The van der Waals surface area contributed by atoms with Crippen LogP contribution >= 0.6 is 11.8 Å². The molecule has 162 valence electrons. The average Bonchev–Trinajstić information content (AvgIpc) is 2.60. The number of hydrogen-bond donors (Lipinski definition) is 5. The van der Waals surface area contributed by atoms with E-state index in [4.69, 9.17) is 10.8 Å². The van der Waals surface area contributed by atoms with Gasteiger partial charge in [0.15, 0.2) is 0 Å². The maximum atomic E-state index is 12.4. The number of aliphatic carboxylic acids is 1. The summed E-state index contributed by atoms with van der Waals surface area (Å²) in [5.41, 5.74) is 5.82. The number of carbonyl (C=O) groups excluding carboxylic acids is 3. The molecule has 0 aliphatic heterocycles. The quantitative estimate of drug-likeness (QED) is 0.281. The lowest BCUT2D eigenvalue weighted by atomic mass is 10.0. The fourth-order valence-electron chi connectivity index (χ4n) is 2.39. The highest BCUT2D eigenvalue weighted by atomic mass is 32.2. The summed E-state index contributed by atoms with van der Waals surface area (Å²) in [7, 11) is 0. The zero-order chi connectivity index (χ0) is 21.9. The van der Waals surface area contributed by atoms with Crippen molar-refractivity contribution in [1.82, 2.24) is 16.0 Å². The van der Waals surface area contributed by atoms with Crippen molar-refractivity contribution < 1.29 is 24.3 Å². The molecule has 3 atom stereocenters. The smallest absolute Gasteiger partial charge is 0.326 e. The minimum Gasteiger partial charge on any atom is -0.480 e. The number of rotatable bonds is 13. The van der Waals surface area contributed by atoms with Crippen LogP contribution in [0.15, 0.2) is 0 Å². The van der Waals surface area contributed by atoms with Crippen LogP contribution in [-0.2, 0) is 19.2 Å². The standard InChI is InChI=1S/C18H34N4O5S/c1-10(2)8-13(18(26)27)21-14(23)9-20-17(25)15(11(3)4)22-16(24)12(19)6-7-28-5/h10-13,15H,6-9,19H2,1-5H3,(H,20,25)(H,21,23)(H,22,24)(H,26,27). The lowest BCUT2D eigenvalue weighted by Crippen LogP contribution is -2.55. The van der Waals surface area contributed by atoms with Gasteiger partial charge in [0.1, 0.15) is 12.1 Å². The Morgan fingerprint density at radius 3 is 2.11 bits per heavy atom. The summed E-state index contributed by atoms with van der Waals surface area (Å²) in [6.07, 6.45) is 2.69. The Bertz CT molecular complexity index is 542. The average molecular weight is 419 g/mol. The first-order chi connectivity index (χ1) is 13.0. The Morgan fingerprint density at radius 1 is 1.04 bits per heavy atom. The predicted octanol–water partition coefficient (Wildman–Crippen LogP) is -0.0607. The normalized spacial score (nSPS) is 14.3. The Kier molecular flexibility index (Phi) is 12.5. The zero-order valence-corrected chi connectivity index (χ0v) is 18.1. The molecule has 0 rings (SSSR count). The Morgan fingerprint density at radius 2 is 1.64 bits per heavy atom. The molecule has 0 aromatic heterocycles. The summed E-state index contributed by atoms with van der Waals surface area (Å²) in [5, 5.41) is 16.6. The Labute approximate surface area is 170 Å². The molecule has 10 heteroatoms. The van der Waals surface area contributed by atoms with Crippen LogP contribution < -0.4 is 21.7 Å². The molecule has 0 spiro atoms. The molecule has 0 heterocycles. The van der Waals surface area contributed by atoms with Crippen LogP contribution in [0.5, 0.6) is 0 Å². The summed E-state index contributed by atoms with van der Waals surface area (Å²) < 4.78 is 0. The van der Waals surface area contributed by atoms with Crippen molar-refractivity contribution in [3.05, 3.63) is 0 Å². The first-order valence-corrected chi connectivity index (χ1v) is 10.7. The van der Waals surface area contributed by atoms with E-state index in [1.807, 2.05) is 20.1 Å². The van der Waals surface area contributed by atoms with E-state index in [0.29, 0.717) is 6.42 Å². The number of hydrogen-bond acceptors (Lipinski definition) is 6. The Hall–Kier alpha value is -1.81. The number of carboxylic acid groups (broad SMARTS) is 1. The summed E-state index contributed by atoms with van der Waals surface area (Å²) in [6, 6.07) is -2.57. The maximum Gasteiger partial charge on any atom is 0.326 e. The third kappa shape index (κ3) is 10.5. The fourth-order valence-corrected chi connectivity index (χ4v) is 2.88. The van der Waals surface area contributed by atoms with Crippen molar-refractivity contribution in [3.8, 4) is 0 Å². The van der Waals surface area contributed by atoms with E-state index in [0.717, 1.165) is 5.75 Å². The number of carbonyl (C=O) groups is 4. The van der Waals surface area contributed by atoms with E-state index in [-0.39, 0.29) is 24.8 Å². The van der Waals surface area contributed by atoms with Crippen LogP contribution in [0.25, 0.3) is 0 Å². The van der Waals surface area contributed by atoms with E-state index >= 15 is 0 Å². The highest BCUT2D eigenvalue weighted by Gasteiger charge is 2.27. The van der Waals surface area contributed by atoms with Crippen molar-refractivity contribution in [2.75, 3.05) is 18.6 Å². The van der Waals surface area contributed by atoms with Gasteiger partial charge in [-0.25, -0.2) is 4.79 Å². The van der Waals surface area contributed by atoms with Gasteiger partial charge in [0, 0.05) is 0 Å². The van der Waals surface area contributed by atoms with Crippen LogP contribution in [-0.4, -0.2) is 65.5 Å². The van der Waals surface area contributed by atoms with Crippen molar-refractivity contribution in [2.45, 2.75) is 58.7 Å². The SMILES string of the molecule is CSCCC(N)C(=O)NC(C(=O)NCC(=O)NC(CC(C)C)C(=O)O)C(C)C. The van der Waals surface area contributed by atoms with Gasteiger partial charge in [0.2, 0.25) is 17.7 Å². The van der Waals surface area contributed by atoms with Gasteiger partial charge in [-0.15, -0.1) is 0 Å². The molecule has 0 aromatic carbocycles. The van der Waals surface area contributed by atoms with Crippen molar-refractivity contribution >= 4 is 35.5 Å². The lowest BCUT2D eigenvalue weighted by Gasteiger charge is -2.23. The molecule has 9 nitrogen and oxygen atoms in total. The number of carboxylic acids is 1. The van der Waals surface area contributed by atoms with E-state index in [1.165, 1.54) is 0 Å². The second-order valence-electron chi connectivity index (χ2n) is 7.42. The minimum absolute atomic E-state index is 0.0897. The fraction of sp³-hybridized carbons (Fsp3) is 0.778.